The third kappa shape index (κ3) is 3.83. The Balaban J connectivity index is 1.65. The van der Waals surface area contributed by atoms with E-state index in [-0.39, 0.29) is 5.91 Å². The van der Waals surface area contributed by atoms with Crippen molar-refractivity contribution in [1.82, 2.24) is 4.90 Å². The summed E-state index contributed by atoms with van der Waals surface area (Å²) < 4.78 is 0. The predicted octanol–water partition coefficient (Wildman–Crippen LogP) is 4.97. The van der Waals surface area contributed by atoms with Crippen LogP contribution in [0.4, 0.5) is 0 Å². The number of piperidine rings is 1. The number of likely N-dealkylation sites (tertiary alicyclic amines) is 1. The largest absolute Gasteiger partial charge is 0.338 e. The van der Waals surface area contributed by atoms with Crippen LogP contribution in [0.1, 0.15) is 34.3 Å². The van der Waals surface area contributed by atoms with Gasteiger partial charge in [-0.2, -0.15) is 0 Å². The number of hydrogen-bond acceptors (Lipinski definition) is 1. The fraction of sp³-hybridized carbons (Fsp3) is 0.250. The molecule has 0 saturated carbocycles. The third-order valence-electron chi connectivity index (χ3n) is 4.26. The fourth-order valence-electron chi connectivity index (χ4n) is 2.83. The van der Waals surface area contributed by atoms with E-state index in [9.17, 15) is 4.79 Å². The lowest BCUT2D eigenvalue weighted by Gasteiger charge is -2.28. The Morgan fingerprint density at radius 3 is 2.35 bits per heavy atom. The highest BCUT2D eigenvalue weighted by Crippen LogP contribution is 2.24. The minimum atomic E-state index is 0.127. The van der Waals surface area contributed by atoms with Gasteiger partial charge in [0.25, 0.3) is 5.91 Å². The standard InChI is InChI=1S/C20H20ClNO/c1-15-6-8-17(9-7-15)20(23)22-12-10-16(11-13-22)14-18-4-2-3-5-19(18)21/h2-9,14H,10-13H2,1H3. The summed E-state index contributed by atoms with van der Waals surface area (Å²) in [5.74, 6) is 0.127. The van der Waals surface area contributed by atoms with E-state index in [1.165, 1.54) is 11.1 Å². The number of hydrogen-bond donors (Lipinski definition) is 0. The Morgan fingerprint density at radius 2 is 1.70 bits per heavy atom. The van der Waals surface area contributed by atoms with Crippen molar-refractivity contribution in [2.24, 2.45) is 0 Å². The number of amides is 1. The molecule has 1 fully saturated rings. The molecule has 0 aromatic heterocycles. The molecule has 0 aliphatic carbocycles. The highest BCUT2D eigenvalue weighted by molar-refractivity contribution is 6.32. The molecular formula is C20H20ClNO. The Bertz CT molecular complexity index is 724. The number of aryl methyl sites for hydroxylation is 1. The first-order chi connectivity index (χ1) is 11.1. The first-order valence-electron chi connectivity index (χ1n) is 7.93. The summed E-state index contributed by atoms with van der Waals surface area (Å²) >= 11 is 6.21. The lowest BCUT2D eigenvalue weighted by atomic mass is 10.00. The molecule has 1 aliphatic heterocycles. The molecule has 1 amide bonds. The van der Waals surface area contributed by atoms with E-state index < -0.39 is 0 Å². The van der Waals surface area contributed by atoms with Gasteiger partial charge in [-0.1, -0.05) is 59.1 Å². The van der Waals surface area contributed by atoms with Crippen LogP contribution < -0.4 is 0 Å². The highest BCUT2D eigenvalue weighted by atomic mass is 35.5. The third-order valence-corrected chi connectivity index (χ3v) is 4.60. The molecule has 1 heterocycles. The summed E-state index contributed by atoms with van der Waals surface area (Å²) in [6.45, 7) is 3.56. The molecule has 2 aromatic rings. The number of rotatable bonds is 2. The zero-order valence-electron chi connectivity index (χ0n) is 13.3. The molecule has 0 radical (unpaired) electrons. The lowest BCUT2D eigenvalue weighted by Crippen LogP contribution is -2.36. The van der Waals surface area contributed by atoms with Gasteiger partial charge in [0, 0.05) is 23.7 Å². The number of benzene rings is 2. The Hall–Kier alpha value is -2.06. The average molecular weight is 326 g/mol. The molecule has 2 nitrogen and oxygen atoms in total. The van der Waals surface area contributed by atoms with E-state index in [2.05, 4.69) is 6.08 Å². The average Bonchev–Trinajstić information content (AvgIpc) is 2.58. The van der Waals surface area contributed by atoms with Crippen LogP contribution in [0.2, 0.25) is 5.02 Å². The second-order valence-corrected chi connectivity index (χ2v) is 6.39. The molecule has 0 spiro atoms. The predicted molar refractivity (Wildman–Crippen MR) is 95.7 cm³/mol. The summed E-state index contributed by atoms with van der Waals surface area (Å²) in [6, 6.07) is 15.7. The SMILES string of the molecule is Cc1ccc(C(=O)N2CCC(=Cc3ccccc3Cl)CC2)cc1. The maximum Gasteiger partial charge on any atom is 0.253 e. The van der Waals surface area contributed by atoms with Crippen LogP contribution in [0.3, 0.4) is 0 Å². The Labute approximate surface area is 142 Å². The zero-order chi connectivity index (χ0) is 16.2. The van der Waals surface area contributed by atoms with E-state index in [4.69, 9.17) is 11.6 Å². The van der Waals surface area contributed by atoms with Crippen LogP contribution in [0.25, 0.3) is 6.08 Å². The van der Waals surface area contributed by atoms with Gasteiger partial charge in [0.15, 0.2) is 0 Å². The van der Waals surface area contributed by atoms with Gasteiger partial charge in [0.1, 0.15) is 0 Å². The van der Waals surface area contributed by atoms with Crippen molar-refractivity contribution in [3.63, 3.8) is 0 Å². The van der Waals surface area contributed by atoms with Gasteiger partial charge in [-0.15, -0.1) is 0 Å². The minimum absolute atomic E-state index is 0.127. The van der Waals surface area contributed by atoms with Gasteiger partial charge in [0.05, 0.1) is 0 Å². The van der Waals surface area contributed by atoms with Crippen LogP contribution >= 0.6 is 11.6 Å². The summed E-state index contributed by atoms with van der Waals surface area (Å²) in [5.41, 5.74) is 4.35. The van der Waals surface area contributed by atoms with Gasteiger partial charge < -0.3 is 4.90 Å². The Kier molecular flexibility index (Phi) is 4.82. The maximum absolute atomic E-state index is 12.5. The minimum Gasteiger partial charge on any atom is -0.338 e. The van der Waals surface area contributed by atoms with Crippen LogP contribution in [0.15, 0.2) is 54.1 Å². The van der Waals surface area contributed by atoms with Crippen molar-refractivity contribution in [2.75, 3.05) is 13.1 Å². The van der Waals surface area contributed by atoms with Gasteiger partial charge in [-0.05, 0) is 43.5 Å². The van der Waals surface area contributed by atoms with E-state index in [0.717, 1.165) is 42.1 Å². The number of nitrogens with zero attached hydrogens (tertiary/aromatic N) is 1. The topological polar surface area (TPSA) is 20.3 Å². The first-order valence-corrected chi connectivity index (χ1v) is 8.31. The van der Waals surface area contributed by atoms with Crippen LogP contribution in [-0.2, 0) is 0 Å². The van der Waals surface area contributed by atoms with Crippen molar-refractivity contribution >= 4 is 23.6 Å². The monoisotopic (exact) mass is 325 g/mol. The molecule has 118 valence electrons. The molecule has 0 unspecified atom stereocenters. The number of carbonyl (C=O) groups is 1. The number of carbonyl (C=O) groups excluding carboxylic acids is 1. The summed E-state index contributed by atoms with van der Waals surface area (Å²) in [6.07, 6.45) is 3.97. The summed E-state index contributed by atoms with van der Waals surface area (Å²) in [4.78, 5) is 14.5. The highest BCUT2D eigenvalue weighted by Gasteiger charge is 2.20. The molecule has 1 saturated heterocycles. The molecule has 3 rings (SSSR count). The molecule has 3 heteroatoms. The van der Waals surface area contributed by atoms with Crippen molar-refractivity contribution in [1.29, 1.82) is 0 Å². The van der Waals surface area contributed by atoms with E-state index in [0.29, 0.717) is 0 Å². The molecule has 23 heavy (non-hydrogen) atoms. The van der Waals surface area contributed by atoms with Gasteiger partial charge in [0.2, 0.25) is 0 Å². The van der Waals surface area contributed by atoms with Crippen molar-refractivity contribution in [2.45, 2.75) is 19.8 Å². The van der Waals surface area contributed by atoms with E-state index in [1.54, 1.807) is 0 Å². The Morgan fingerprint density at radius 1 is 1.04 bits per heavy atom. The molecule has 0 bridgehead atoms. The lowest BCUT2D eigenvalue weighted by molar-refractivity contribution is 0.0744. The quantitative estimate of drug-likeness (QED) is 0.763. The smallest absolute Gasteiger partial charge is 0.253 e. The van der Waals surface area contributed by atoms with Crippen molar-refractivity contribution < 1.29 is 4.79 Å². The van der Waals surface area contributed by atoms with E-state index in [1.807, 2.05) is 60.4 Å². The normalized spacial score (nSPS) is 14.7. The molecule has 0 atom stereocenters. The molecule has 0 N–H and O–H groups in total. The van der Waals surface area contributed by atoms with E-state index >= 15 is 0 Å². The van der Waals surface area contributed by atoms with Crippen LogP contribution in [0, 0.1) is 6.92 Å². The second kappa shape index (κ2) is 7.01. The maximum atomic E-state index is 12.5. The molecular weight excluding hydrogens is 306 g/mol. The summed E-state index contributed by atoms with van der Waals surface area (Å²) in [7, 11) is 0. The van der Waals surface area contributed by atoms with Gasteiger partial charge >= 0.3 is 0 Å². The number of halogens is 1. The zero-order valence-corrected chi connectivity index (χ0v) is 14.0. The van der Waals surface area contributed by atoms with Crippen molar-refractivity contribution in [3.05, 3.63) is 75.8 Å². The fourth-order valence-corrected chi connectivity index (χ4v) is 3.02. The molecule has 1 aliphatic rings. The van der Waals surface area contributed by atoms with Gasteiger partial charge in [-0.3, -0.25) is 4.79 Å². The summed E-state index contributed by atoms with van der Waals surface area (Å²) in [5, 5.41) is 0.776. The molecule has 2 aromatic carbocycles. The van der Waals surface area contributed by atoms with Crippen LogP contribution in [-0.4, -0.2) is 23.9 Å². The van der Waals surface area contributed by atoms with Crippen LogP contribution in [0.5, 0.6) is 0 Å². The first kappa shape index (κ1) is 15.8. The van der Waals surface area contributed by atoms with Crippen molar-refractivity contribution in [3.8, 4) is 0 Å². The second-order valence-electron chi connectivity index (χ2n) is 5.98. The van der Waals surface area contributed by atoms with Gasteiger partial charge in [-0.25, -0.2) is 0 Å².